The van der Waals surface area contributed by atoms with Crippen LogP contribution in [0.3, 0.4) is 0 Å². The molecule has 6 heteroatoms. The van der Waals surface area contributed by atoms with E-state index < -0.39 is 17.7 Å². The van der Waals surface area contributed by atoms with Crippen LogP contribution >= 0.6 is 0 Å². The lowest BCUT2D eigenvalue weighted by molar-refractivity contribution is -0.132. The van der Waals surface area contributed by atoms with Crippen molar-refractivity contribution >= 4 is 23.1 Å². The van der Waals surface area contributed by atoms with Crippen molar-refractivity contribution in [2.45, 2.75) is 33.7 Å². The van der Waals surface area contributed by atoms with Crippen LogP contribution in [0.15, 0.2) is 66.2 Å². The number of ketones is 1. The van der Waals surface area contributed by atoms with Crippen LogP contribution in [-0.4, -0.2) is 30.5 Å². The zero-order chi connectivity index (χ0) is 25.3. The largest absolute Gasteiger partial charge is 0.507 e. The highest BCUT2D eigenvalue weighted by Crippen LogP contribution is 2.43. The third-order valence-corrected chi connectivity index (χ3v) is 6.39. The molecule has 1 saturated heterocycles. The Labute approximate surface area is 205 Å². The third kappa shape index (κ3) is 4.39. The van der Waals surface area contributed by atoms with Gasteiger partial charge in [0.2, 0.25) is 0 Å². The second-order valence-electron chi connectivity index (χ2n) is 8.62. The maximum atomic E-state index is 13.4. The lowest BCUT2D eigenvalue weighted by Gasteiger charge is -2.26. The molecule has 0 radical (unpaired) electrons. The number of hydrogen-bond donors (Lipinski definition) is 1. The number of carbonyl (C=O) groups excluding carboxylic acids is 2. The minimum Gasteiger partial charge on any atom is -0.507 e. The number of aliphatic hydroxyl groups excluding tert-OH is 1. The van der Waals surface area contributed by atoms with Gasteiger partial charge in [-0.1, -0.05) is 18.2 Å². The summed E-state index contributed by atoms with van der Waals surface area (Å²) in [7, 11) is 1.57. The first-order valence-corrected chi connectivity index (χ1v) is 11.5. The van der Waals surface area contributed by atoms with Crippen molar-refractivity contribution < 1.29 is 24.2 Å². The summed E-state index contributed by atoms with van der Waals surface area (Å²) in [4.78, 5) is 28.2. The molecule has 0 aromatic heterocycles. The van der Waals surface area contributed by atoms with Gasteiger partial charge in [-0.25, -0.2) is 0 Å². The summed E-state index contributed by atoms with van der Waals surface area (Å²) < 4.78 is 10.9. The average Bonchev–Trinajstić information content (AvgIpc) is 3.12. The molecule has 0 saturated carbocycles. The summed E-state index contributed by atoms with van der Waals surface area (Å²) in [6, 6.07) is 17.2. The lowest BCUT2D eigenvalue weighted by atomic mass is 9.94. The minimum absolute atomic E-state index is 0.0435. The summed E-state index contributed by atoms with van der Waals surface area (Å²) in [6.07, 6.45) is 0. The molecule has 3 aromatic carbocycles. The molecule has 4 rings (SSSR count). The summed E-state index contributed by atoms with van der Waals surface area (Å²) in [5, 5.41) is 11.4. The zero-order valence-electron chi connectivity index (χ0n) is 20.6. The number of amides is 1. The Morgan fingerprint density at radius 2 is 1.63 bits per heavy atom. The van der Waals surface area contributed by atoms with Crippen molar-refractivity contribution in [1.29, 1.82) is 0 Å². The monoisotopic (exact) mass is 471 g/mol. The van der Waals surface area contributed by atoms with E-state index in [1.54, 1.807) is 49.6 Å². The fourth-order valence-electron chi connectivity index (χ4n) is 4.35. The molecule has 1 fully saturated rings. The molecule has 1 aliphatic rings. The minimum atomic E-state index is -0.796. The molecular weight excluding hydrogens is 442 g/mol. The van der Waals surface area contributed by atoms with E-state index >= 15 is 0 Å². The van der Waals surface area contributed by atoms with Gasteiger partial charge in [0, 0.05) is 11.3 Å². The molecule has 0 aliphatic carbocycles. The second kappa shape index (κ2) is 9.66. The van der Waals surface area contributed by atoms with Crippen molar-refractivity contribution in [2.75, 3.05) is 18.6 Å². The molecule has 1 N–H and O–H groups in total. The molecule has 180 valence electrons. The number of Topliss-reactive ketones (excluding diaryl/α,β-unsaturated/α-hetero) is 1. The van der Waals surface area contributed by atoms with Crippen LogP contribution in [0.25, 0.3) is 5.76 Å². The number of nitrogens with zero attached hydrogens (tertiary/aromatic N) is 1. The number of carbonyl (C=O) groups is 2. The highest BCUT2D eigenvalue weighted by Gasteiger charge is 2.47. The van der Waals surface area contributed by atoms with E-state index in [0.29, 0.717) is 34.9 Å². The van der Waals surface area contributed by atoms with Crippen LogP contribution < -0.4 is 14.4 Å². The van der Waals surface area contributed by atoms with Crippen molar-refractivity contribution in [1.82, 2.24) is 0 Å². The fourth-order valence-corrected chi connectivity index (χ4v) is 4.35. The SMILES string of the molecule is CCOc1ccc(/C(O)=C2\C(=O)C(=O)N(c3ccc(C)c(C)c3)C2c2ccc(OC)cc2)cc1C. The molecular formula is C29H29NO5. The van der Waals surface area contributed by atoms with Crippen LogP contribution in [0, 0.1) is 20.8 Å². The number of aryl methyl sites for hydroxylation is 3. The Hall–Kier alpha value is -4.06. The highest BCUT2D eigenvalue weighted by molar-refractivity contribution is 6.51. The van der Waals surface area contributed by atoms with E-state index in [9.17, 15) is 14.7 Å². The first-order chi connectivity index (χ1) is 16.8. The third-order valence-electron chi connectivity index (χ3n) is 6.39. The molecule has 0 spiro atoms. The zero-order valence-corrected chi connectivity index (χ0v) is 20.6. The van der Waals surface area contributed by atoms with Crippen molar-refractivity contribution in [3.05, 3.63) is 94.1 Å². The van der Waals surface area contributed by atoms with E-state index in [4.69, 9.17) is 9.47 Å². The van der Waals surface area contributed by atoms with Crippen molar-refractivity contribution in [3.63, 3.8) is 0 Å². The van der Waals surface area contributed by atoms with Gasteiger partial charge in [-0.15, -0.1) is 0 Å². The highest BCUT2D eigenvalue weighted by atomic mass is 16.5. The number of ether oxygens (including phenoxy) is 2. The van der Waals surface area contributed by atoms with Crippen molar-refractivity contribution in [3.8, 4) is 11.5 Å². The van der Waals surface area contributed by atoms with E-state index in [-0.39, 0.29) is 11.3 Å². The van der Waals surface area contributed by atoms with Crippen LogP contribution in [0.2, 0.25) is 0 Å². The smallest absolute Gasteiger partial charge is 0.300 e. The Morgan fingerprint density at radius 3 is 2.23 bits per heavy atom. The Balaban J connectivity index is 1.91. The molecule has 35 heavy (non-hydrogen) atoms. The topological polar surface area (TPSA) is 76.1 Å². The van der Waals surface area contributed by atoms with Crippen LogP contribution in [-0.2, 0) is 9.59 Å². The van der Waals surface area contributed by atoms with E-state index in [1.165, 1.54) is 4.90 Å². The molecule has 1 heterocycles. The van der Waals surface area contributed by atoms with Crippen LogP contribution in [0.1, 0.15) is 40.8 Å². The molecule has 6 nitrogen and oxygen atoms in total. The molecule has 1 atom stereocenters. The van der Waals surface area contributed by atoms with Gasteiger partial charge in [-0.2, -0.15) is 0 Å². The Kier molecular flexibility index (Phi) is 6.65. The molecule has 0 bridgehead atoms. The summed E-state index contributed by atoms with van der Waals surface area (Å²) in [5.41, 5.74) is 4.67. The fraction of sp³-hybridized carbons (Fsp3) is 0.241. The van der Waals surface area contributed by atoms with Crippen LogP contribution in [0.4, 0.5) is 5.69 Å². The van der Waals surface area contributed by atoms with E-state index in [2.05, 4.69) is 0 Å². The Bertz CT molecular complexity index is 1320. The standard InChI is InChI=1S/C29H29NO5/c1-6-35-24-14-10-21(15-19(24)4)27(31)25-26(20-8-12-23(34-5)13-9-20)30(29(33)28(25)32)22-11-7-17(2)18(3)16-22/h7-16,26,31H,6H2,1-5H3/b27-25+. The number of benzene rings is 3. The van der Waals surface area contributed by atoms with Gasteiger partial charge in [-0.3, -0.25) is 14.5 Å². The van der Waals surface area contributed by atoms with Gasteiger partial charge in [-0.05, 0) is 92.4 Å². The number of anilines is 1. The first-order valence-electron chi connectivity index (χ1n) is 11.5. The molecule has 1 unspecified atom stereocenters. The number of hydrogen-bond acceptors (Lipinski definition) is 5. The molecule has 1 amide bonds. The summed E-state index contributed by atoms with van der Waals surface area (Å²) in [5.74, 6) is -0.279. The summed E-state index contributed by atoms with van der Waals surface area (Å²) >= 11 is 0. The lowest BCUT2D eigenvalue weighted by Crippen LogP contribution is -2.29. The van der Waals surface area contributed by atoms with E-state index in [1.807, 2.05) is 45.9 Å². The van der Waals surface area contributed by atoms with Gasteiger partial charge in [0.05, 0.1) is 25.3 Å². The van der Waals surface area contributed by atoms with E-state index in [0.717, 1.165) is 16.7 Å². The van der Waals surface area contributed by atoms with Gasteiger partial charge in [0.1, 0.15) is 17.3 Å². The van der Waals surface area contributed by atoms with Gasteiger partial charge in [0.25, 0.3) is 11.7 Å². The predicted molar refractivity (Wildman–Crippen MR) is 136 cm³/mol. The second-order valence-corrected chi connectivity index (χ2v) is 8.62. The quantitative estimate of drug-likeness (QED) is 0.286. The van der Waals surface area contributed by atoms with Gasteiger partial charge >= 0.3 is 0 Å². The Morgan fingerprint density at radius 1 is 0.914 bits per heavy atom. The normalized spacial score (nSPS) is 17.1. The molecule has 1 aliphatic heterocycles. The van der Waals surface area contributed by atoms with Crippen LogP contribution in [0.5, 0.6) is 11.5 Å². The van der Waals surface area contributed by atoms with Gasteiger partial charge in [0.15, 0.2) is 0 Å². The number of aliphatic hydroxyl groups is 1. The number of methoxy groups -OCH3 is 1. The number of rotatable bonds is 6. The van der Waals surface area contributed by atoms with Gasteiger partial charge < -0.3 is 14.6 Å². The summed E-state index contributed by atoms with van der Waals surface area (Å²) in [6.45, 7) is 8.24. The first kappa shape index (κ1) is 24.1. The maximum Gasteiger partial charge on any atom is 0.300 e. The molecule has 3 aromatic rings. The maximum absolute atomic E-state index is 13.4. The average molecular weight is 472 g/mol. The predicted octanol–water partition coefficient (Wildman–Crippen LogP) is 5.65. The van der Waals surface area contributed by atoms with Crippen molar-refractivity contribution in [2.24, 2.45) is 0 Å².